The van der Waals surface area contributed by atoms with Crippen LogP contribution in [0.3, 0.4) is 0 Å². The molecule has 5 heteroatoms. The zero-order chi connectivity index (χ0) is 18.4. The predicted octanol–water partition coefficient (Wildman–Crippen LogP) is 4.70. The van der Waals surface area contributed by atoms with E-state index >= 15 is 0 Å². The summed E-state index contributed by atoms with van der Waals surface area (Å²) in [6.45, 7) is 2.22. The molecular formula is C22H17N3O2. The third-order valence-electron chi connectivity index (χ3n) is 4.89. The summed E-state index contributed by atoms with van der Waals surface area (Å²) in [4.78, 5) is 20.4. The molecule has 2 aromatic heterocycles. The van der Waals surface area contributed by atoms with E-state index in [0.29, 0.717) is 18.1 Å². The first kappa shape index (κ1) is 15.6. The van der Waals surface area contributed by atoms with Gasteiger partial charge < -0.3 is 14.7 Å². The summed E-state index contributed by atoms with van der Waals surface area (Å²) >= 11 is 0. The fourth-order valence-corrected chi connectivity index (χ4v) is 3.50. The minimum atomic E-state index is -0.242. The second-order valence-electron chi connectivity index (χ2n) is 6.60. The molecule has 0 saturated heterocycles. The molecule has 132 valence electrons. The van der Waals surface area contributed by atoms with E-state index < -0.39 is 0 Å². The van der Waals surface area contributed by atoms with Crippen molar-refractivity contribution >= 4 is 38.7 Å². The number of nitrogens with zero attached hydrogens (tertiary/aromatic N) is 1. The van der Waals surface area contributed by atoms with Crippen LogP contribution in [0.15, 0.2) is 65.1 Å². The summed E-state index contributed by atoms with van der Waals surface area (Å²) < 4.78 is 5.98. The molecule has 5 rings (SSSR count). The van der Waals surface area contributed by atoms with Crippen molar-refractivity contribution in [3.63, 3.8) is 0 Å². The van der Waals surface area contributed by atoms with Gasteiger partial charge in [0, 0.05) is 16.3 Å². The molecule has 1 amide bonds. The molecule has 0 aliphatic rings. The number of para-hydroxylation sites is 2. The number of hydrogen-bond donors (Lipinski definition) is 2. The summed E-state index contributed by atoms with van der Waals surface area (Å²) in [5.74, 6) is 0.814. The van der Waals surface area contributed by atoms with Crippen LogP contribution in [0.2, 0.25) is 0 Å². The van der Waals surface area contributed by atoms with Crippen molar-refractivity contribution in [3.8, 4) is 0 Å². The summed E-state index contributed by atoms with van der Waals surface area (Å²) in [5, 5.41) is 5.96. The van der Waals surface area contributed by atoms with E-state index in [9.17, 15) is 4.79 Å². The van der Waals surface area contributed by atoms with Crippen LogP contribution in [0.25, 0.3) is 32.8 Å². The number of fused-ring (bicyclic) bond motifs is 4. The van der Waals surface area contributed by atoms with Crippen molar-refractivity contribution in [1.82, 2.24) is 15.3 Å². The highest BCUT2D eigenvalue weighted by Crippen LogP contribution is 2.31. The summed E-state index contributed by atoms with van der Waals surface area (Å²) in [6.07, 6.45) is 0. The lowest BCUT2D eigenvalue weighted by atomic mass is 10.1. The number of nitrogens with one attached hydrogen (secondary N) is 2. The molecule has 0 fully saturated rings. The Morgan fingerprint density at radius 2 is 1.85 bits per heavy atom. The number of aryl methyl sites for hydroxylation is 1. The minimum absolute atomic E-state index is 0.242. The van der Waals surface area contributed by atoms with Gasteiger partial charge in [-0.05, 0) is 24.4 Å². The van der Waals surface area contributed by atoms with Crippen molar-refractivity contribution < 1.29 is 9.21 Å². The lowest BCUT2D eigenvalue weighted by Crippen LogP contribution is -2.23. The molecule has 0 aliphatic heterocycles. The van der Waals surface area contributed by atoms with Gasteiger partial charge in [-0.1, -0.05) is 48.5 Å². The molecule has 0 aliphatic carbocycles. The molecule has 0 radical (unpaired) electrons. The van der Waals surface area contributed by atoms with Gasteiger partial charge in [0.1, 0.15) is 11.4 Å². The van der Waals surface area contributed by atoms with Crippen LogP contribution in [-0.4, -0.2) is 15.9 Å². The van der Waals surface area contributed by atoms with Crippen molar-refractivity contribution in [2.24, 2.45) is 0 Å². The van der Waals surface area contributed by atoms with Crippen LogP contribution in [-0.2, 0) is 6.54 Å². The van der Waals surface area contributed by atoms with E-state index in [4.69, 9.17) is 4.42 Å². The molecule has 0 atom stereocenters. The normalized spacial score (nSPS) is 11.4. The van der Waals surface area contributed by atoms with Crippen molar-refractivity contribution in [2.75, 3.05) is 0 Å². The third kappa shape index (κ3) is 2.56. The Morgan fingerprint density at radius 1 is 1.04 bits per heavy atom. The highest BCUT2D eigenvalue weighted by molar-refractivity contribution is 6.08. The quantitative estimate of drug-likeness (QED) is 0.493. The number of hydrogen-bond acceptors (Lipinski definition) is 3. The average molecular weight is 355 g/mol. The van der Waals surface area contributed by atoms with Crippen LogP contribution < -0.4 is 5.32 Å². The maximum absolute atomic E-state index is 12.7. The van der Waals surface area contributed by atoms with Gasteiger partial charge in [-0.3, -0.25) is 4.79 Å². The summed E-state index contributed by atoms with van der Waals surface area (Å²) in [7, 11) is 0. The zero-order valence-corrected chi connectivity index (χ0v) is 14.7. The largest absolute Gasteiger partial charge is 0.450 e. The van der Waals surface area contributed by atoms with Crippen LogP contribution in [0.4, 0.5) is 0 Å². The number of aromatic amines is 1. The first-order chi connectivity index (χ1) is 13.2. The smallest absolute Gasteiger partial charge is 0.287 e. The Bertz CT molecular complexity index is 1280. The van der Waals surface area contributed by atoms with Crippen LogP contribution in [0.1, 0.15) is 21.9 Å². The number of rotatable bonds is 3. The van der Waals surface area contributed by atoms with Gasteiger partial charge in [-0.15, -0.1) is 0 Å². The second-order valence-corrected chi connectivity index (χ2v) is 6.60. The maximum atomic E-state index is 12.7. The summed E-state index contributed by atoms with van der Waals surface area (Å²) in [5.41, 5.74) is 3.43. The van der Waals surface area contributed by atoms with Gasteiger partial charge in [0.15, 0.2) is 5.76 Å². The van der Waals surface area contributed by atoms with Gasteiger partial charge in [0.25, 0.3) is 5.91 Å². The van der Waals surface area contributed by atoms with E-state index in [-0.39, 0.29) is 5.91 Å². The zero-order valence-electron chi connectivity index (χ0n) is 14.7. The molecule has 27 heavy (non-hydrogen) atoms. The summed E-state index contributed by atoms with van der Waals surface area (Å²) in [6, 6.07) is 19.9. The van der Waals surface area contributed by atoms with Gasteiger partial charge in [-0.25, -0.2) is 4.98 Å². The molecule has 2 heterocycles. The monoisotopic (exact) mass is 355 g/mol. The van der Waals surface area contributed by atoms with Crippen molar-refractivity contribution in [1.29, 1.82) is 0 Å². The predicted molar refractivity (Wildman–Crippen MR) is 106 cm³/mol. The van der Waals surface area contributed by atoms with Gasteiger partial charge in [-0.2, -0.15) is 0 Å². The highest BCUT2D eigenvalue weighted by Gasteiger charge is 2.19. The van der Waals surface area contributed by atoms with E-state index in [1.165, 1.54) is 0 Å². The fraction of sp³-hybridized carbons (Fsp3) is 0.0909. The first-order valence-electron chi connectivity index (χ1n) is 8.83. The van der Waals surface area contributed by atoms with Gasteiger partial charge in [0.05, 0.1) is 17.6 Å². The average Bonchev–Trinajstić information content (AvgIpc) is 3.27. The number of aromatic nitrogens is 2. The Balaban J connectivity index is 1.46. The number of carbonyl (C=O) groups excluding carboxylic acids is 1. The second kappa shape index (κ2) is 5.99. The Hall–Kier alpha value is -3.60. The Morgan fingerprint density at radius 3 is 2.74 bits per heavy atom. The molecule has 0 spiro atoms. The Labute approximate surface area is 155 Å². The van der Waals surface area contributed by atoms with Crippen molar-refractivity contribution in [3.05, 3.63) is 77.8 Å². The van der Waals surface area contributed by atoms with E-state index in [0.717, 1.165) is 38.3 Å². The molecule has 5 nitrogen and oxygen atoms in total. The van der Waals surface area contributed by atoms with E-state index in [1.807, 2.05) is 61.5 Å². The Kier molecular flexibility index (Phi) is 3.47. The molecule has 0 unspecified atom stereocenters. The molecule has 3 aromatic carbocycles. The minimum Gasteiger partial charge on any atom is -0.450 e. The maximum Gasteiger partial charge on any atom is 0.287 e. The number of imidazole rings is 1. The number of furan rings is 1. The number of benzene rings is 3. The molecular weight excluding hydrogens is 338 g/mol. The number of H-pyrrole nitrogens is 1. The molecule has 2 N–H and O–H groups in total. The fourth-order valence-electron chi connectivity index (χ4n) is 3.50. The molecule has 0 bridgehead atoms. The third-order valence-corrected chi connectivity index (χ3v) is 4.89. The highest BCUT2D eigenvalue weighted by atomic mass is 16.3. The van der Waals surface area contributed by atoms with E-state index in [2.05, 4.69) is 21.4 Å². The van der Waals surface area contributed by atoms with Crippen LogP contribution >= 0.6 is 0 Å². The number of amides is 1. The lowest BCUT2D eigenvalue weighted by molar-refractivity contribution is 0.0923. The molecule has 0 saturated carbocycles. The lowest BCUT2D eigenvalue weighted by Gasteiger charge is -2.01. The van der Waals surface area contributed by atoms with E-state index in [1.54, 1.807) is 0 Å². The van der Waals surface area contributed by atoms with Crippen molar-refractivity contribution in [2.45, 2.75) is 13.5 Å². The first-order valence-corrected chi connectivity index (χ1v) is 8.83. The van der Waals surface area contributed by atoms with Crippen LogP contribution in [0.5, 0.6) is 0 Å². The molecule has 5 aromatic rings. The standard InChI is InChI=1S/C22H17N3O2/c1-13-15-11-10-14-6-2-3-7-16(14)21(15)27-20(13)22(26)23-12-19-24-17-8-4-5-9-18(17)25-19/h2-11H,12H2,1H3,(H,23,26)(H,24,25). The van der Waals surface area contributed by atoms with Gasteiger partial charge >= 0.3 is 0 Å². The topological polar surface area (TPSA) is 70.9 Å². The van der Waals surface area contributed by atoms with Crippen LogP contribution in [0, 0.1) is 6.92 Å². The van der Waals surface area contributed by atoms with Gasteiger partial charge in [0.2, 0.25) is 0 Å². The number of carbonyl (C=O) groups is 1. The SMILES string of the molecule is Cc1c(C(=O)NCc2nc3ccccc3[nH]2)oc2c1ccc1ccccc12.